The number of carbonyl (C=O) groups is 1. The van der Waals surface area contributed by atoms with Crippen molar-refractivity contribution in [3.05, 3.63) is 46.3 Å². The Morgan fingerprint density at radius 3 is 2.89 bits per heavy atom. The third kappa shape index (κ3) is 1.85. The summed E-state index contributed by atoms with van der Waals surface area (Å²) in [5, 5.41) is 2.87. The summed E-state index contributed by atoms with van der Waals surface area (Å²) >= 11 is 1.61. The summed E-state index contributed by atoms with van der Waals surface area (Å²) in [7, 11) is 0. The van der Waals surface area contributed by atoms with Gasteiger partial charge in [0.1, 0.15) is 0 Å². The summed E-state index contributed by atoms with van der Waals surface area (Å²) in [4.78, 5) is 14.0. The first-order valence-corrected chi connectivity index (χ1v) is 7.10. The molecule has 3 heteroatoms. The van der Waals surface area contributed by atoms with Crippen molar-refractivity contribution in [3.63, 3.8) is 0 Å². The van der Waals surface area contributed by atoms with Crippen molar-refractivity contribution in [2.24, 2.45) is 0 Å². The normalized spacial score (nSPS) is 12.7. The number of benzene rings is 1. The monoisotopic (exact) mass is 257 g/mol. The quantitative estimate of drug-likeness (QED) is 0.879. The first-order valence-electron chi connectivity index (χ1n) is 6.28. The lowest BCUT2D eigenvalue weighted by Crippen LogP contribution is -2.21. The Morgan fingerprint density at radius 2 is 2.06 bits per heavy atom. The molecule has 92 valence electrons. The van der Waals surface area contributed by atoms with Crippen LogP contribution in [-0.2, 0) is 12.8 Å². The van der Waals surface area contributed by atoms with Gasteiger partial charge in [-0.2, -0.15) is 0 Å². The van der Waals surface area contributed by atoms with E-state index in [1.807, 2.05) is 6.92 Å². The van der Waals surface area contributed by atoms with Gasteiger partial charge in [-0.3, -0.25) is 4.79 Å². The highest BCUT2D eigenvalue weighted by Gasteiger charge is 2.20. The van der Waals surface area contributed by atoms with E-state index in [1.54, 1.807) is 11.3 Å². The Bertz CT molecular complexity index is 600. The Balaban J connectivity index is 2.04. The molecule has 0 unspecified atom stereocenters. The van der Waals surface area contributed by atoms with Gasteiger partial charge in [0.25, 0.3) is 5.91 Å². The van der Waals surface area contributed by atoms with Crippen LogP contribution in [0.4, 0.5) is 0 Å². The maximum atomic E-state index is 11.9. The molecule has 2 aromatic rings. The first kappa shape index (κ1) is 11.5. The fraction of sp³-hybridized carbons (Fsp3) is 0.267. The third-order valence-electron chi connectivity index (χ3n) is 3.30. The van der Waals surface area contributed by atoms with E-state index in [-0.39, 0.29) is 5.91 Å². The molecule has 0 radical (unpaired) electrons. The minimum absolute atomic E-state index is 0.0504. The fourth-order valence-corrected chi connectivity index (χ4v) is 3.62. The molecule has 0 atom stereocenters. The molecule has 1 aromatic carbocycles. The SMILES string of the molecule is CCNC(=O)c1cc2c(s1)-c1ccccc1CC2. The molecule has 1 aliphatic rings. The Kier molecular flexibility index (Phi) is 2.92. The van der Waals surface area contributed by atoms with Gasteiger partial charge in [0.2, 0.25) is 0 Å². The molecular formula is C15H15NOS. The summed E-state index contributed by atoms with van der Waals surface area (Å²) in [6, 6.07) is 10.6. The van der Waals surface area contributed by atoms with Gasteiger partial charge in [-0.25, -0.2) is 0 Å². The number of nitrogens with one attached hydrogen (secondary N) is 1. The van der Waals surface area contributed by atoms with E-state index in [4.69, 9.17) is 0 Å². The van der Waals surface area contributed by atoms with Crippen LogP contribution in [0.1, 0.15) is 27.7 Å². The number of thiophene rings is 1. The van der Waals surface area contributed by atoms with Gasteiger partial charge < -0.3 is 5.32 Å². The van der Waals surface area contributed by atoms with Gasteiger partial charge in [-0.15, -0.1) is 11.3 Å². The summed E-state index contributed by atoms with van der Waals surface area (Å²) < 4.78 is 0. The molecule has 1 heterocycles. The van der Waals surface area contributed by atoms with Crippen LogP contribution in [0, 0.1) is 0 Å². The highest BCUT2D eigenvalue weighted by Crippen LogP contribution is 2.39. The second kappa shape index (κ2) is 4.58. The van der Waals surface area contributed by atoms with Crippen LogP contribution in [0.5, 0.6) is 0 Å². The van der Waals surface area contributed by atoms with Crippen LogP contribution in [0.15, 0.2) is 30.3 Å². The molecule has 0 fully saturated rings. The third-order valence-corrected chi connectivity index (χ3v) is 4.51. The minimum Gasteiger partial charge on any atom is -0.352 e. The number of fused-ring (bicyclic) bond motifs is 3. The van der Waals surface area contributed by atoms with Crippen molar-refractivity contribution < 1.29 is 4.79 Å². The predicted molar refractivity (Wildman–Crippen MR) is 75.2 cm³/mol. The molecule has 3 rings (SSSR count). The lowest BCUT2D eigenvalue weighted by Gasteiger charge is -2.15. The highest BCUT2D eigenvalue weighted by molar-refractivity contribution is 7.17. The maximum absolute atomic E-state index is 11.9. The van der Waals surface area contributed by atoms with E-state index in [9.17, 15) is 4.79 Å². The van der Waals surface area contributed by atoms with Crippen molar-refractivity contribution in [1.29, 1.82) is 0 Å². The molecule has 0 spiro atoms. The van der Waals surface area contributed by atoms with Gasteiger partial charge in [0.05, 0.1) is 4.88 Å². The van der Waals surface area contributed by atoms with Crippen LogP contribution in [0.2, 0.25) is 0 Å². The average Bonchev–Trinajstić information content (AvgIpc) is 2.83. The predicted octanol–water partition coefficient (Wildman–Crippen LogP) is 3.26. The summed E-state index contributed by atoms with van der Waals surface area (Å²) in [6.07, 6.45) is 2.12. The Hall–Kier alpha value is -1.61. The Morgan fingerprint density at radius 1 is 1.28 bits per heavy atom. The van der Waals surface area contributed by atoms with Crippen molar-refractivity contribution in [2.75, 3.05) is 6.54 Å². The smallest absolute Gasteiger partial charge is 0.261 e. The molecule has 0 saturated carbocycles. The summed E-state index contributed by atoms with van der Waals surface area (Å²) in [5.74, 6) is 0.0504. The van der Waals surface area contributed by atoms with Gasteiger partial charge >= 0.3 is 0 Å². The average molecular weight is 257 g/mol. The molecule has 18 heavy (non-hydrogen) atoms. The Labute approximate surface area is 111 Å². The summed E-state index contributed by atoms with van der Waals surface area (Å²) in [6.45, 7) is 2.62. The molecule has 0 bridgehead atoms. The number of rotatable bonds is 2. The first-order chi connectivity index (χ1) is 8.79. The molecule has 1 amide bonds. The van der Waals surface area contributed by atoms with E-state index in [2.05, 4.69) is 35.6 Å². The number of hydrogen-bond donors (Lipinski definition) is 1. The van der Waals surface area contributed by atoms with E-state index in [0.717, 1.165) is 17.7 Å². The van der Waals surface area contributed by atoms with Gasteiger partial charge in [0, 0.05) is 11.4 Å². The number of hydrogen-bond acceptors (Lipinski definition) is 2. The van der Waals surface area contributed by atoms with E-state index in [0.29, 0.717) is 6.54 Å². The van der Waals surface area contributed by atoms with Gasteiger partial charge in [-0.05, 0) is 42.5 Å². The lowest BCUT2D eigenvalue weighted by atomic mass is 9.91. The number of aryl methyl sites for hydroxylation is 2. The van der Waals surface area contributed by atoms with Crippen LogP contribution in [0.25, 0.3) is 10.4 Å². The second-order valence-corrected chi connectivity index (χ2v) is 5.53. The van der Waals surface area contributed by atoms with E-state index < -0.39 is 0 Å². The zero-order valence-electron chi connectivity index (χ0n) is 10.3. The molecule has 2 nitrogen and oxygen atoms in total. The highest BCUT2D eigenvalue weighted by atomic mass is 32.1. The van der Waals surface area contributed by atoms with Crippen LogP contribution >= 0.6 is 11.3 Å². The van der Waals surface area contributed by atoms with Crippen LogP contribution in [0.3, 0.4) is 0 Å². The van der Waals surface area contributed by atoms with Gasteiger partial charge in [-0.1, -0.05) is 24.3 Å². The standard InChI is InChI=1S/C15H15NOS/c1-2-16-15(17)13-9-11-8-7-10-5-3-4-6-12(10)14(11)18-13/h3-6,9H,2,7-8H2,1H3,(H,16,17). The van der Waals surface area contributed by atoms with E-state index in [1.165, 1.54) is 21.6 Å². The molecular weight excluding hydrogens is 242 g/mol. The number of amides is 1. The number of carbonyl (C=O) groups excluding carboxylic acids is 1. The summed E-state index contributed by atoms with van der Waals surface area (Å²) in [5.41, 5.74) is 4.02. The fourth-order valence-electron chi connectivity index (χ4n) is 2.43. The molecule has 1 aliphatic carbocycles. The zero-order chi connectivity index (χ0) is 12.5. The van der Waals surface area contributed by atoms with E-state index >= 15 is 0 Å². The van der Waals surface area contributed by atoms with Gasteiger partial charge in [0.15, 0.2) is 0 Å². The van der Waals surface area contributed by atoms with Crippen molar-refractivity contribution >= 4 is 17.2 Å². The van der Waals surface area contributed by atoms with Crippen molar-refractivity contribution in [2.45, 2.75) is 19.8 Å². The topological polar surface area (TPSA) is 29.1 Å². The van der Waals surface area contributed by atoms with Crippen LogP contribution < -0.4 is 5.32 Å². The second-order valence-electron chi connectivity index (χ2n) is 4.48. The van der Waals surface area contributed by atoms with Crippen molar-refractivity contribution in [3.8, 4) is 10.4 Å². The zero-order valence-corrected chi connectivity index (χ0v) is 11.1. The maximum Gasteiger partial charge on any atom is 0.261 e. The lowest BCUT2D eigenvalue weighted by molar-refractivity contribution is 0.0960. The largest absolute Gasteiger partial charge is 0.352 e. The molecule has 0 aliphatic heterocycles. The molecule has 1 N–H and O–H groups in total. The molecule has 1 aromatic heterocycles. The van der Waals surface area contributed by atoms with Crippen LogP contribution in [-0.4, -0.2) is 12.5 Å². The minimum atomic E-state index is 0.0504. The van der Waals surface area contributed by atoms with Crippen molar-refractivity contribution in [1.82, 2.24) is 5.32 Å². The molecule has 0 saturated heterocycles.